The SMILES string of the molecule is Cc1nc(S(=O)(=O)N2CCNCC2CN)cn1C. The van der Waals surface area contributed by atoms with Crippen molar-refractivity contribution in [1.29, 1.82) is 0 Å². The Balaban J connectivity index is 2.35. The Kier molecular flexibility index (Phi) is 3.71. The molecule has 1 saturated heterocycles. The monoisotopic (exact) mass is 273 g/mol. The molecule has 0 spiro atoms. The summed E-state index contributed by atoms with van der Waals surface area (Å²) < 4.78 is 28.1. The van der Waals surface area contributed by atoms with E-state index >= 15 is 0 Å². The van der Waals surface area contributed by atoms with Crippen LogP contribution < -0.4 is 11.1 Å². The number of nitrogens with one attached hydrogen (secondary N) is 1. The highest BCUT2D eigenvalue weighted by Crippen LogP contribution is 2.18. The second-order valence-corrected chi connectivity index (χ2v) is 6.28. The van der Waals surface area contributed by atoms with Gasteiger partial charge in [-0.3, -0.25) is 0 Å². The normalized spacial score (nSPS) is 22.3. The second kappa shape index (κ2) is 4.96. The largest absolute Gasteiger partial charge is 0.337 e. The summed E-state index contributed by atoms with van der Waals surface area (Å²) in [6.45, 7) is 3.73. The number of aromatic nitrogens is 2. The highest BCUT2D eigenvalue weighted by Gasteiger charge is 2.34. The highest BCUT2D eigenvalue weighted by molar-refractivity contribution is 7.89. The minimum atomic E-state index is -3.54. The Morgan fingerprint density at radius 1 is 1.61 bits per heavy atom. The van der Waals surface area contributed by atoms with E-state index in [1.165, 1.54) is 4.31 Å². The van der Waals surface area contributed by atoms with Gasteiger partial charge in [0.15, 0.2) is 5.03 Å². The van der Waals surface area contributed by atoms with Crippen LogP contribution in [0.5, 0.6) is 0 Å². The number of imidazole rings is 1. The Morgan fingerprint density at radius 2 is 2.33 bits per heavy atom. The topological polar surface area (TPSA) is 93.2 Å². The number of aryl methyl sites for hydroxylation is 2. The number of nitrogens with zero attached hydrogens (tertiary/aromatic N) is 3. The van der Waals surface area contributed by atoms with Gasteiger partial charge in [0.05, 0.1) is 0 Å². The highest BCUT2D eigenvalue weighted by atomic mass is 32.2. The maximum Gasteiger partial charge on any atom is 0.262 e. The van der Waals surface area contributed by atoms with Gasteiger partial charge in [-0.25, -0.2) is 13.4 Å². The molecule has 1 unspecified atom stereocenters. The molecule has 1 aliphatic heterocycles. The van der Waals surface area contributed by atoms with Gasteiger partial charge in [-0.15, -0.1) is 0 Å². The van der Waals surface area contributed by atoms with Gasteiger partial charge in [0, 0.05) is 45.5 Å². The third-order valence-electron chi connectivity index (χ3n) is 3.23. The van der Waals surface area contributed by atoms with Gasteiger partial charge in [0.2, 0.25) is 0 Å². The van der Waals surface area contributed by atoms with Crippen molar-refractivity contribution in [2.45, 2.75) is 18.0 Å². The van der Waals surface area contributed by atoms with Gasteiger partial charge >= 0.3 is 0 Å². The van der Waals surface area contributed by atoms with Crippen molar-refractivity contribution in [3.8, 4) is 0 Å². The van der Waals surface area contributed by atoms with E-state index in [2.05, 4.69) is 10.3 Å². The van der Waals surface area contributed by atoms with Crippen LogP contribution in [0, 0.1) is 6.92 Å². The molecule has 0 aliphatic carbocycles. The maximum absolute atomic E-state index is 12.5. The van der Waals surface area contributed by atoms with Crippen molar-refractivity contribution in [2.24, 2.45) is 12.8 Å². The van der Waals surface area contributed by atoms with Crippen molar-refractivity contribution >= 4 is 10.0 Å². The van der Waals surface area contributed by atoms with E-state index in [9.17, 15) is 8.42 Å². The molecule has 1 aromatic heterocycles. The van der Waals surface area contributed by atoms with E-state index in [-0.39, 0.29) is 11.1 Å². The van der Waals surface area contributed by atoms with Gasteiger partial charge in [-0.2, -0.15) is 4.31 Å². The summed E-state index contributed by atoms with van der Waals surface area (Å²) in [5, 5.41) is 3.24. The molecular weight excluding hydrogens is 254 g/mol. The second-order valence-electron chi connectivity index (χ2n) is 4.45. The van der Waals surface area contributed by atoms with Crippen LogP contribution in [-0.4, -0.2) is 54.5 Å². The van der Waals surface area contributed by atoms with Crippen LogP contribution in [0.2, 0.25) is 0 Å². The minimum Gasteiger partial charge on any atom is -0.337 e. The van der Waals surface area contributed by atoms with Gasteiger partial charge in [0.25, 0.3) is 10.0 Å². The summed E-state index contributed by atoms with van der Waals surface area (Å²) in [6.07, 6.45) is 1.54. The van der Waals surface area contributed by atoms with Gasteiger partial charge in [0.1, 0.15) is 5.82 Å². The van der Waals surface area contributed by atoms with Crippen molar-refractivity contribution in [3.05, 3.63) is 12.0 Å². The molecule has 8 heteroatoms. The first-order chi connectivity index (χ1) is 8.46. The average Bonchev–Trinajstić information content (AvgIpc) is 2.70. The van der Waals surface area contributed by atoms with E-state index in [0.717, 1.165) is 0 Å². The third kappa shape index (κ3) is 2.28. The summed E-state index contributed by atoms with van der Waals surface area (Å²) in [5.74, 6) is 0.674. The molecule has 1 aromatic rings. The van der Waals surface area contributed by atoms with E-state index in [4.69, 9.17) is 5.73 Å². The predicted octanol–water partition coefficient (Wildman–Crippen LogP) is -1.35. The fourth-order valence-corrected chi connectivity index (χ4v) is 3.69. The van der Waals surface area contributed by atoms with Crippen molar-refractivity contribution in [1.82, 2.24) is 19.2 Å². The van der Waals surface area contributed by atoms with Crippen LogP contribution >= 0.6 is 0 Å². The first-order valence-electron chi connectivity index (χ1n) is 5.89. The zero-order valence-electron chi connectivity index (χ0n) is 10.6. The van der Waals surface area contributed by atoms with Gasteiger partial charge < -0.3 is 15.6 Å². The molecule has 7 nitrogen and oxygen atoms in total. The van der Waals surface area contributed by atoms with Crippen molar-refractivity contribution in [2.75, 3.05) is 26.2 Å². The average molecular weight is 273 g/mol. The molecule has 0 bridgehead atoms. The van der Waals surface area contributed by atoms with E-state index in [1.807, 2.05) is 0 Å². The number of sulfonamides is 1. The lowest BCUT2D eigenvalue weighted by atomic mass is 10.2. The van der Waals surface area contributed by atoms with E-state index in [1.54, 1.807) is 24.7 Å². The van der Waals surface area contributed by atoms with Gasteiger partial charge in [-0.1, -0.05) is 0 Å². The predicted molar refractivity (Wildman–Crippen MR) is 67.5 cm³/mol. The zero-order valence-corrected chi connectivity index (χ0v) is 11.4. The van der Waals surface area contributed by atoms with Crippen LogP contribution in [0.15, 0.2) is 11.2 Å². The summed E-state index contributed by atoms with van der Waals surface area (Å²) in [6, 6.07) is -0.203. The lowest BCUT2D eigenvalue weighted by Crippen LogP contribution is -2.56. The Bertz CT molecular complexity index is 505. The van der Waals surface area contributed by atoms with E-state index < -0.39 is 10.0 Å². The van der Waals surface area contributed by atoms with Crippen LogP contribution in [0.3, 0.4) is 0 Å². The smallest absolute Gasteiger partial charge is 0.262 e. The fraction of sp³-hybridized carbons (Fsp3) is 0.700. The quantitative estimate of drug-likeness (QED) is 0.710. The molecule has 2 rings (SSSR count). The maximum atomic E-state index is 12.5. The molecule has 0 radical (unpaired) electrons. The fourth-order valence-electron chi connectivity index (χ4n) is 2.03. The molecular formula is C10H19N5O2S. The Hall–Kier alpha value is -0.960. The molecule has 0 amide bonds. The summed E-state index contributed by atoms with van der Waals surface area (Å²) in [7, 11) is -1.77. The molecule has 102 valence electrons. The lowest BCUT2D eigenvalue weighted by molar-refractivity contribution is 0.272. The first kappa shape index (κ1) is 13.5. The molecule has 1 fully saturated rings. The molecule has 0 aromatic carbocycles. The summed E-state index contributed by atoms with van der Waals surface area (Å²) >= 11 is 0. The molecule has 2 heterocycles. The van der Waals surface area contributed by atoms with E-state index in [0.29, 0.717) is 32.0 Å². The van der Waals surface area contributed by atoms with Gasteiger partial charge in [-0.05, 0) is 6.92 Å². The van der Waals surface area contributed by atoms with Crippen LogP contribution in [0.25, 0.3) is 0 Å². The summed E-state index contributed by atoms with van der Waals surface area (Å²) in [5.41, 5.74) is 5.63. The summed E-state index contributed by atoms with van der Waals surface area (Å²) in [4.78, 5) is 4.10. The Labute approximate surface area is 107 Å². The molecule has 0 saturated carbocycles. The van der Waals surface area contributed by atoms with Crippen molar-refractivity contribution < 1.29 is 8.42 Å². The Morgan fingerprint density at radius 3 is 2.89 bits per heavy atom. The number of piperazine rings is 1. The molecule has 18 heavy (non-hydrogen) atoms. The zero-order chi connectivity index (χ0) is 13.3. The lowest BCUT2D eigenvalue weighted by Gasteiger charge is -2.33. The number of rotatable bonds is 3. The van der Waals surface area contributed by atoms with Crippen LogP contribution in [0.4, 0.5) is 0 Å². The third-order valence-corrected chi connectivity index (χ3v) is 5.05. The standard InChI is InChI=1S/C10H19N5O2S/c1-8-13-10(7-14(8)2)18(16,17)15-4-3-12-6-9(15)5-11/h7,9,12H,3-6,11H2,1-2H3. The van der Waals surface area contributed by atoms with Crippen molar-refractivity contribution in [3.63, 3.8) is 0 Å². The van der Waals surface area contributed by atoms with Crippen LogP contribution in [0.1, 0.15) is 5.82 Å². The number of nitrogens with two attached hydrogens (primary N) is 1. The molecule has 1 atom stereocenters. The van der Waals surface area contributed by atoms with Crippen LogP contribution in [-0.2, 0) is 17.1 Å². The number of hydrogen-bond acceptors (Lipinski definition) is 5. The minimum absolute atomic E-state index is 0.0999. The first-order valence-corrected chi connectivity index (χ1v) is 7.33. The molecule has 1 aliphatic rings. The number of hydrogen-bond donors (Lipinski definition) is 2. The molecule has 3 N–H and O–H groups in total.